The number of benzene rings is 1. The van der Waals surface area contributed by atoms with Gasteiger partial charge in [-0.05, 0) is 37.6 Å². The molecule has 0 aliphatic rings. The summed E-state index contributed by atoms with van der Waals surface area (Å²) < 4.78 is 6.69. The van der Waals surface area contributed by atoms with E-state index in [-0.39, 0.29) is 6.61 Å². The van der Waals surface area contributed by atoms with Gasteiger partial charge in [-0.25, -0.2) is 14.3 Å². The predicted octanol–water partition coefficient (Wildman–Crippen LogP) is 4.91. The van der Waals surface area contributed by atoms with Gasteiger partial charge in [-0.2, -0.15) is 5.10 Å². The highest BCUT2D eigenvalue weighted by atomic mass is 35.5. The number of carbonyl (C=O) groups is 1. The monoisotopic (exact) mass is 375 g/mol. The Kier molecular flexibility index (Phi) is 4.79. The summed E-state index contributed by atoms with van der Waals surface area (Å²) in [5.41, 5.74) is 3.55. The quantitative estimate of drug-likeness (QED) is 0.607. The van der Waals surface area contributed by atoms with Crippen molar-refractivity contribution in [3.8, 4) is 11.3 Å². The van der Waals surface area contributed by atoms with Crippen molar-refractivity contribution < 1.29 is 9.53 Å². The molecule has 0 spiro atoms. The van der Waals surface area contributed by atoms with Gasteiger partial charge in [0.15, 0.2) is 5.65 Å². The maximum Gasteiger partial charge on any atom is 0.340 e. The SMILES string of the molecule is C=C(C)c1c(C(=O)OCC)cnn2cc(-c3cc(Cl)cc(Cl)c3)nc12. The van der Waals surface area contributed by atoms with Crippen LogP contribution in [0.4, 0.5) is 0 Å². The molecule has 0 unspecified atom stereocenters. The minimum atomic E-state index is -0.453. The molecule has 2 aromatic heterocycles. The Balaban J connectivity index is 2.22. The Morgan fingerprint density at radius 1 is 1.28 bits per heavy atom. The Labute approximate surface area is 154 Å². The molecule has 5 nitrogen and oxygen atoms in total. The molecule has 0 bridgehead atoms. The number of ether oxygens (including phenoxy) is 1. The second-order valence-electron chi connectivity index (χ2n) is 5.49. The summed E-state index contributed by atoms with van der Waals surface area (Å²) in [5, 5.41) is 5.29. The van der Waals surface area contributed by atoms with Gasteiger partial charge >= 0.3 is 5.97 Å². The summed E-state index contributed by atoms with van der Waals surface area (Å²) in [5.74, 6) is -0.453. The zero-order valence-corrected chi connectivity index (χ0v) is 15.2. The van der Waals surface area contributed by atoms with Gasteiger partial charge in [-0.3, -0.25) is 0 Å². The van der Waals surface area contributed by atoms with E-state index in [9.17, 15) is 4.79 Å². The molecule has 0 saturated heterocycles. The van der Waals surface area contributed by atoms with Crippen LogP contribution in [0.2, 0.25) is 10.0 Å². The second-order valence-corrected chi connectivity index (χ2v) is 6.36. The molecule has 1 aromatic carbocycles. The molecule has 0 aliphatic heterocycles. The number of imidazole rings is 1. The third-order valence-electron chi connectivity index (χ3n) is 3.57. The molecule has 0 N–H and O–H groups in total. The summed E-state index contributed by atoms with van der Waals surface area (Å²) in [6.07, 6.45) is 3.21. The van der Waals surface area contributed by atoms with Crippen LogP contribution in [0.15, 0.2) is 37.2 Å². The van der Waals surface area contributed by atoms with E-state index in [1.54, 1.807) is 35.8 Å². The molecular formula is C18H15Cl2N3O2. The average molecular weight is 376 g/mol. The van der Waals surface area contributed by atoms with Crippen LogP contribution in [-0.2, 0) is 4.74 Å². The number of carbonyl (C=O) groups excluding carboxylic acids is 1. The topological polar surface area (TPSA) is 56.5 Å². The molecule has 0 radical (unpaired) electrons. The third-order valence-corrected chi connectivity index (χ3v) is 4.01. The van der Waals surface area contributed by atoms with Gasteiger partial charge in [-0.1, -0.05) is 29.8 Å². The Hall–Kier alpha value is -2.37. The fraction of sp³-hybridized carbons (Fsp3) is 0.167. The van der Waals surface area contributed by atoms with Gasteiger partial charge < -0.3 is 4.74 Å². The number of hydrogen-bond donors (Lipinski definition) is 0. The maximum atomic E-state index is 12.2. The van der Waals surface area contributed by atoms with Crippen LogP contribution in [0.1, 0.15) is 29.8 Å². The lowest BCUT2D eigenvalue weighted by Gasteiger charge is -2.09. The molecule has 0 saturated carbocycles. The molecule has 25 heavy (non-hydrogen) atoms. The molecule has 7 heteroatoms. The van der Waals surface area contributed by atoms with Crippen LogP contribution in [0.25, 0.3) is 22.5 Å². The van der Waals surface area contributed by atoms with E-state index in [2.05, 4.69) is 16.7 Å². The standard InChI is InChI=1S/C18H15Cl2N3O2/c1-4-25-18(24)14-8-21-23-9-15(22-17(23)16(14)10(2)3)11-5-12(19)7-13(20)6-11/h5-9H,2,4H2,1,3H3. The first kappa shape index (κ1) is 17.5. The lowest BCUT2D eigenvalue weighted by Crippen LogP contribution is -2.10. The summed E-state index contributed by atoms with van der Waals surface area (Å²) in [4.78, 5) is 16.8. The Bertz CT molecular complexity index is 975. The highest BCUT2D eigenvalue weighted by Gasteiger charge is 2.20. The average Bonchev–Trinajstić information content (AvgIpc) is 2.97. The van der Waals surface area contributed by atoms with E-state index >= 15 is 0 Å². The maximum absolute atomic E-state index is 12.2. The first-order valence-electron chi connectivity index (χ1n) is 7.58. The normalized spacial score (nSPS) is 10.9. The van der Waals surface area contributed by atoms with Crippen molar-refractivity contribution in [1.29, 1.82) is 0 Å². The Morgan fingerprint density at radius 2 is 1.96 bits per heavy atom. The molecule has 128 valence electrons. The van der Waals surface area contributed by atoms with E-state index < -0.39 is 5.97 Å². The van der Waals surface area contributed by atoms with Crippen LogP contribution in [0.5, 0.6) is 0 Å². The van der Waals surface area contributed by atoms with E-state index in [1.807, 2.05) is 6.92 Å². The fourth-order valence-electron chi connectivity index (χ4n) is 2.56. The predicted molar refractivity (Wildman–Crippen MR) is 99.1 cm³/mol. The first-order valence-corrected chi connectivity index (χ1v) is 8.34. The number of allylic oxidation sites excluding steroid dienone is 1. The number of nitrogens with zero attached hydrogens (tertiary/aromatic N) is 3. The van der Waals surface area contributed by atoms with Crippen molar-refractivity contribution in [1.82, 2.24) is 14.6 Å². The number of esters is 1. The van der Waals surface area contributed by atoms with Crippen LogP contribution in [0, 0.1) is 0 Å². The molecule has 0 amide bonds. The number of halogens is 2. The van der Waals surface area contributed by atoms with Crippen molar-refractivity contribution in [2.45, 2.75) is 13.8 Å². The van der Waals surface area contributed by atoms with Crippen LogP contribution in [-0.4, -0.2) is 27.2 Å². The summed E-state index contributed by atoms with van der Waals surface area (Å²) in [6, 6.07) is 5.18. The molecular weight excluding hydrogens is 361 g/mol. The second kappa shape index (κ2) is 6.86. The highest BCUT2D eigenvalue weighted by molar-refractivity contribution is 6.35. The number of hydrogen-bond acceptors (Lipinski definition) is 4. The fourth-order valence-corrected chi connectivity index (χ4v) is 3.09. The van der Waals surface area contributed by atoms with Crippen molar-refractivity contribution in [2.75, 3.05) is 6.61 Å². The van der Waals surface area contributed by atoms with E-state index in [1.165, 1.54) is 6.20 Å². The molecule has 0 atom stereocenters. The third kappa shape index (κ3) is 3.38. The van der Waals surface area contributed by atoms with E-state index in [4.69, 9.17) is 27.9 Å². The molecule has 0 aliphatic carbocycles. The Morgan fingerprint density at radius 3 is 2.56 bits per heavy atom. The molecule has 3 rings (SSSR count). The van der Waals surface area contributed by atoms with Crippen LogP contribution >= 0.6 is 23.2 Å². The zero-order chi connectivity index (χ0) is 18.1. The number of rotatable bonds is 4. The summed E-state index contributed by atoms with van der Waals surface area (Å²) in [7, 11) is 0. The van der Waals surface area contributed by atoms with E-state index in [0.29, 0.717) is 38.1 Å². The summed E-state index contributed by atoms with van der Waals surface area (Å²) >= 11 is 12.1. The smallest absolute Gasteiger partial charge is 0.340 e. The minimum Gasteiger partial charge on any atom is -0.462 e. The number of fused-ring (bicyclic) bond motifs is 1. The van der Waals surface area contributed by atoms with Crippen molar-refractivity contribution in [3.63, 3.8) is 0 Å². The lowest BCUT2D eigenvalue weighted by atomic mass is 10.1. The van der Waals surface area contributed by atoms with Crippen LogP contribution in [0.3, 0.4) is 0 Å². The van der Waals surface area contributed by atoms with Gasteiger partial charge in [0.05, 0.1) is 30.3 Å². The first-order chi connectivity index (χ1) is 11.9. The van der Waals surface area contributed by atoms with Crippen molar-refractivity contribution in [2.24, 2.45) is 0 Å². The van der Waals surface area contributed by atoms with Gasteiger partial charge in [-0.15, -0.1) is 0 Å². The van der Waals surface area contributed by atoms with Crippen molar-refractivity contribution in [3.05, 3.63) is 58.3 Å². The van der Waals surface area contributed by atoms with E-state index in [0.717, 1.165) is 5.56 Å². The number of aromatic nitrogens is 3. The largest absolute Gasteiger partial charge is 0.462 e. The summed E-state index contributed by atoms with van der Waals surface area (Å²) in [6.45, 7) is 7.79. The molecule has 3 aromatic rings. The highest BCUT2D eigenvalue weighted by Crippen LogP contribution is 2.29. The van der Waals surface area contributed by atoms with Gasteiger partial charge in [0.2, 0.25) is 0 Å². The zero-order valence-electron chi connectivity index (χ0n) is 13.7. The lowest BCUT2D eigenvalue weighted by molar-refractivity contribution is 0.0525. The van der Waals surface area contributed by atoms with Gasteiger partial charge in [0.1, 0.15) is 0 Å². The van der Waals surface area contributed by atoms with Crippen molar-refractivity contribution >= 4 is 40.4 Å². The molecule has 0 fully saturated rings. The molecule has 2 heterocycles. The van der Waals surface area contributed by atoms with Crippen LogP contribution < -0.4 is 0 Å². The van der Waals surface area contributed by atoms with Gasteiger partial charge in [0.25, 0.3) is 0 Å². The minimum absolute atomic E-state index is 0.278. The van der Waals surface area contributed by atoms with Gasteiger partial charge in [0, 0.05) is 21.2 Å².